The summed E-state index contributed by atoms with van der Waals surface area (Å²) in [6.45, 7) is 1.96. The Balaban J connectivity index is 1.85. The molecular formula is C16H19NO2. The van der Waals surface area contributed by atoms with Gasteiger partial charge in [-0.15, -0.1) is 0 Å². The Hall–Kier alpha value is -1.58. The molecule has 1 unspecified atom stereocenters. The Kier molecular flexibility index (Phi) is 3.67. The van der Waals surface area contributed by atoms with E-state index < -0.39 is 0 Å². The topological polar surface area (TPSA) is 44.5 Å². The molecule has 1 aliphatic heterocycles. The maximum Gasteiger partial charge on any atom is 0.124 e. The highest BCUT2D eigenvalue weighted by molar-refractivity contribution is 5.87. The summed E-state index contributed by atoms with van der Waals surface area (Å²) in [5.74, 6) is 0.886. The SMILES string of the molecule is NCc1c(OCC2CCCO2)ccc2ccccc12. The zero-order chi connectivity index (χ0) is 13.1. The molecule has 2 N–H and O–H groups in total. The number of ether oxygens (including phenoxy) is 2. The zero-order valence-corrected chi connectivity index (χ0v) is 11.0. The molecule has 100 valence electrons. The van der Waals surface area contributed by atoms with Crippen molar-refractivity contribution in [3.05, 3.63) is 42.0 Å². The van der Waals surface area contributed by atoms with Crippen LogP contribution in [0.3, 0.4) is 0 Å². The second kappa shape index (κ2) is 5.59. The Labute approximate surface area is 113 Å². The van der Waals surface area contributed by atoms with Gasteiger partial charge in [0, 0.05) is 18.7 Å². The van der Waals surface area contributed by atoms with E-state index in [2.05, 4.69) is 18.2 Å². The lowest BCUT2D eigenvalue weighted by atomic mass is 10.0. The van der Waals surface area contributed by atoms with Gasteiger partial charge in [-0.2, -0.15) is 0 Å². The fourth-order valence-corrected chi connectivity index (χ4v) is 2.62. The van der Waals surface area contributed by atoms with E-state index in [1.165, 1.54) is 10.8 Å². The highest BCUT2D eigenvalue weighted by Crippen LogP contribution is 2.28. The molecule has 3 heteroatoms. The summed E-state index contributed by atoms with van der Waals surface area (Å²) in [5.41, 5.74) is 6.97. The number of nitrogens with two attached hydrogens (primary N) is 1. The van der Waals surface area contributed by atoms with E-state index >= 15 is 0 Å². The molecule has 2 aromatic rings. The van der Waals surface area contributed by atoms with E-state index in [1.807, 2.05) is 18.2 Å². The summed E-state index contributed by atoms with van der Waals surface area (Å²) in [4.78, 5) is 0. The largest absolute Gasteiger partial charge is 0.491 e. The van der Waals surface area contributed by atoms with E-state index in [1.54, 1.807) is 0 Å². The van der Waals surface area contributed by atoms with Crippen LogP contribution in [0.4, 0.5) is 0 Å². The lowest BCUT2D eigenvalue weighted by molar-refractivity contribution is 0.0677. The van der Waals surface area contributed by atoms with Crippen LogP contribution in [0.2, 0.25) is 0 Å². The first kappa shape index (κ1) is 12.5. The van der Waals surface area contributed by atoms with Crippen molar-refractivity contribution in [3.63, 3.8) is 0 Å². The van der Waals surface area contributed by atoms with Crippen LogP contribution in [0.25, 0.3) is 10.8 Å². The Morgan fingerprint density at radius 1 is 1.21 bits per heavy atom. The molecule has 0 amide bonds. The van der Waals surface area contributed by atoms with Crippen molar-refractivity contribution in [1.82, 2.24) is 0 Å². The molecule has 0 radical (unpaired) electrons. The summed E-state index contributed by atoms with van der Waals surface area (Å²) in [6, 6.07) is 12.4. The minimum atomic E-state index is 0.233. The monoisotopic (exact) mass is 257 g/mol. The fraction of sp³-hybridized carbons (Fsp3) is 0.375. The Morgan fingerprint density at radius 3 is 2.89 bits per heavy atom. The van der Waals surface area contributed by atoms with Crippen LogP contribution in [-0.2, 0) is 11.3 Å². The maximum absolute atomic E-state index is 5.92. The minimum Gasteiger partial charge on any atom is -0.491 e. The number of benzene rings is 2. The van der Waals surface area contributed by atoms with E-state index in [9.17, 15) is 0 Å². The van der Waals surface area contributed by atoms with E-state index in [-0.39, 0.29) is 6.10 Å². The summed E-state index contributed by atoms with van der Waals surface area (Å²) >= 11 is 0. The molecule has 1 saturated heterocycles. The van der Waals surface area contributed by atoms with Crippen LogP contribution in [0.15, 0.2) is 36.4 Å². The van der Waals surface area contributed by atoms with Crippen molar-refractivity contribution in [1.29, 1.82) is 0 Å². The Bertz CT molecular complexity index is 562. The third-order valence-corrected chi connectivity index (χ3v) is 3.65. The highest BCUT2D eigenvalue weighted by Gasteiger charge is 2.17. The van der Waals surface area contributed by atoms with Gasteiger partial charge in [0.2, 0.25) is 0 Å². The third kappa shape index (κ3) is 2.57. The lowest BCUT2D eigenvalue weighted by Crippen LogP contribution is -2.17. The average Bonchev–Trinajstić information content (AvgIpc) is 2.97. The van der Waals surface area contributed by atoms with Gasteiger partial charge >= 0.3 is 0 Å². The molecule has 3 nitrogen and oxygen atoms in total. The summed E-state index contributed by atoms with van der Waals surface area (Å²) < 4.78 is 11.5. The van der Waals surface area contributed by atoms with Gasteiger partial charge < -0.3 is 15.2 Å². The van der Waals surface area contributed by atoms with Gasteiger partial charge in [0.1, 0.15) is 12.4 Å². The number of hydrogen-bond acceptors (Lipinski definition) is 3. The predicted molar refractivity (Wildman–Crippen MR) is 76.3 cm³/mol. The van der Waals surface area contributed by atoms with Gasteiger partial charge in [-0.3, -0.25) is 0 Å². The average molecular weight is 257 g/mol. The Morgan fingerprint density at radius 2 is 2.11 bits per heavy atom. The molecule has 0 saturated carbocycles. The lowest BCUT2D eigenvalue weighted by Gasteiger charge is -2.15. The quantitative estimate of drug-likeness (QED) is 0.916. The van der Waals surface area contributed by atoms with Gasteiger partial charge in [-0.05, 0) is 29.7 Å². The van der Waals surface area contributed by atoms with E-state index in [0.717, 1.165) is 30.8 Å². The smallest absolute Gasteiger partial charge is 0.124 e. The normalized spacial score (nSPS) is 18.9. The van der Waals surface area contributed by atoms with Gasteiger partial charge in [0.05, 0.1) is 6.10 Å². The van der Waals surface area contributed by atoms with E-state index in [0.29, 0.717) is 13.2 Å². The molecule has 19 heavy (non-hydrogen) atoms. The number of fused-ring (bicyclic) bond motifs is 1. The van der Waals surface area contributed by atoms with Gasteiger partial charge in [-0.25, -0.2) is 0 Å². The molecule has 0 bridgehead atoms. The number of hydrogen-bond donors (Lipinski definition) is 1. The first-order valence-electron chi connectivity index (χ1n) is 6.83. The van der Waals surface area contributed by atoms with Crippen LogP contribution in [0.1, 0.15) is 18.4 Å². The molecule has 0 spiro atoms. The molecule has 1 atom stereocenters. The molecule has 2 aromatic carbocycles. The highest BCUT2D eigenvalue weighted by atomic mass is 16.5. The van der Waals surface area contributed by atoms with Gasteiger partial charge in [0.25, 0.3) is 0 Å². The standard InChI is InChI=1S/C16H19NO2/c17-10-15-14-6-2-1-4-12(14)7-8-16(15)19-11-13-5-3-9-18-13/h1-2,4,6-8,13H,3,5,9-11,17H2. The molecule has 1 heterocycles. The first-order valence-corrected chi connectivity index (χ1v) is 6.83. The van der Waals surface area contributed by atoms with Crippen LogP contribution in [-0.4, -0.2) is 19.3 Å². The van der Waals surface area contributed by atoms with Gasteiger partial charge in [0.15, 0.2) is 0 Å². The van der Waals surface area contributed by atoms with Crippen molar-refractivity contribution < 1.29 is 9.47 Å². The van der Waals surface area contributed by atoms with Crippen molar-refractivity contribution in [2.75, 3.05) is 13.2 Å². The second-order valence-corrected chi connectivity index (χ2v) is 4.91. The summed E-state index contributed by atoms with van der Waals surface area (Å²) in [7, 11) is 0. The molecule has 0 aromatic heterocycles. The van der Waals surface area contributed by atoms with Gasteiger partial charge in [-0.1, -0.05) is 30.3 Å². The first-order chi connectivity index (χ1) is 9.38. The van der Waals surface area contributed by atoms with Crippen LogP contribution in [0.5, 0.6) is 5.75 Å². The minimum absolute atomic E-state index is 0.233. The van der Waals surface area contributed by atoms with Crippen LogP contribution >= 0.6 is 0 Å². The van der Waals surface area contributed by atoms with Crippen molar-refractivity contribution in [2.45, 2.75) is 25.5 Å². The maximum atomic E-state index is 5.92. The third-order valence-electron chi connectivity index (χ3n) is 3.65. The molecule has 1 aliphatic rings. The van der Waals surface area contributed by atoms with Crippen LogP contribution in [0, 0.1) is 0 Å². The fourth-order valence-electron chi connectivity index (χ4n) is 2.62. The van der Waals surface area contributed by atoms with Crippen molar-refractivity contribution >= 4 is 10.8 Å². The second-order valence-electron chi connectivity index (χ2n) is 4.91. The summed E-state index contributed by atoms with van der Waals surface area (Å²) in [5, 5.41) is 2.38. The molecule has 0 aliphatic carbocycles. The van der Waals surface area contributed by atoms with Crippen LogP contribution < -0.4 is 10.5 Å². The zero-order valence-electron chi connectivity index (χ0n) is 11.0. The van der Waals surface area contributed by atoms with Crippen molar-refractivity contribution in [2.24, 2.45) is 5.73 Å². The number of rotatable bonds is 4. The predicted octanol–water partition coefficient (Wildman–Crippen LogP) is 2.86. The van der Waals surface area contributed by atoms with Crippen molar-refractivity contribution in [3.8, 4) is 5.75 Å². The molecule has 3 rings (SSSR count). The molecular weight excluding hydrogens is 238 g/mol. The summed E-state index contributed by atoms with van der Waals surface area (Å²) in [6.07, 6.45) is 2.46. The van der Waals surface area contributed by atoms with E-state index in [4.69, 9.17) is 15.2 Å². The molecule has 1 fully saturated rings.